The van der Waals surface area contributed by atoms with Gasteiger partial charge >= 0.3 is 0 Å². The summed E-state index contributed by atoms with van der Waals surface area (Å²) >= 11 is 3.35. The highest BCUT2D eigenvalue weighted by Crippen LogP contribution is 1.93. The highest BCUT2D eigenvalue weighted by atomic mass is 79.9. The van der Waals surface area contributed by atoms with E-state index in [0.29, 0.717) is 13.2 Å². The smallest absolute Gasteiger partial charge is 0.0718 e. The lowest BCUT2D eigenvalue weighted by Gasteiger charge is -1.99. The summed E-state index contributed by atoms with van der Waals surface area (Å²) in [5, 5.41) is 1.06. The van der Waals surface area contributed by atoms with Gasteiger partial charge in [-0.15, -0.1) is 0 Å². The van der Waals surface area contributed by atoms with Gasteiger partial charge in [0.05, 0.1) is 13.2 Å². The number of nitrogens with zero attached hydrogens (tertiary/aromatic N) is 1. The first-order chi connectivity index (χ1) is 5.41. The van der Waals surface area contributed by atoms with Crippen molar-refractivity contribution in [2.45, 2.75) is 12.8 Å². The Bertz CT molecular complexity index is 121. The van der Waals surface area contributed by atoms with Crippen LogP contribution in [-0.4, -0.2) is 31.0 Å². The molecule has 0 radical (unpaired) electrons. The van der Waals surface area contributed by atoms with E-state index in [4.69, 9.17) is 4.74 Å². The van der Waals surface area contributed by atoms with Crippen molar-refractivity contribution < 1.29 is 4.74 Å². The lowest BCUT2D eigenvalue weighted by atomic mass is 10.4. The molecule has 64 valence electrons. The molecule has 0 atom stereocenters. The average Bonchev–Trinajstić information content (AvgIpc) is 2.03. The van der Waals surface area contributed by atoms with Crippen LogP contribution in [0.15, 0.2) is 11.6 Å². The third kappa shape index (κ3) is 9.89. The number of halogens is 1. The molecule has 0 saturated carbocycles. The first-order valence-electron chi connectivity index (χ1n) is 3.74. The number of hydrogen-bond acceptors (Lipinski definition) is 2. The van der Waals surface area contributed by atoms with E-state index < -0.39 is 0 Å². The Morgan fingerprint density at radius 2 is 2.18 bits per heavy atom. The molecule has 0 saturated heterocycles. The van der Waals surface area contributed by atoms with Crippen molar-refractivity contribution in [1.29, 1.82) is 0 Å². The fourth-order valence-electron chi connectivity index (χ4n) is 0.590. The van der Waals surface area contributed by atoms with E-state index in [1.54, 1.807) is 0 Å². The molecule has 0 amide bonds. The molecular weight excluding hydrogens is 206 g/mol. The van der Waals surface area contributed by atoms with Gasteiger partial charge in [-0.1, -0.05) is 15.9 Å². The number of rotatable bonds is 7. The quantitative estimate of drug-likeness (QED) is 0.365. The van der Waals surface area contributed by atoms with Gasteiger partial charge in [0.25, 0.3) is 0 Å². The standard InChI is InChI=1S/C8H14BrNO/c1-2-10-6-8-11-7-4-3-5-9/h1,3-8H2. The minimum Gasteiger partial charge on any atom is -0.379 e. The Morgan fingerprint density at radius 3 is 2.82 bits per heavy atom. The van der Waals surface area contributed by atoms with Crippen molar-refractivity contribution in [3.8, 4) is 0 Å². The molecule has 0 aromatic rings. The predicted molar refractivity (Wildman–Crippen MR) is 51.8 cm³/mol. The third-order valence-corrected chi connectivity index (χ3v) is 1.69. The van der Waals surface area contributed by atoms with Crippen LogP contribution in [0.3, 0.4) is 0 Å². The molecule has 0 aliphatic carbocycles. The lowest BCUT2D eigenvalue weighted by Crippen LogP contribution is -1.99. The van der Waals surface area contributed by atoms with Crippen LogP contribution in [0.2, 0.25) is 0 Å². The SMILES string of the molecule is C=C=NCCOCCCCBr. The third-order valence-electron chi connectivity index (χ3n) is 1.13. The first kappa shape index (κ1) is 10.9. The maximum absolute atomic E-state index is 5.26. The highest BCUT2D eigenvalue weighted by molar-refractivity contribution is 9.09. The van der Waals surface area contributed by atoms with Crippen LogP contribution >= 0.6 is 15.9 Å². The van der Waals surface area contributed by atoms with Crippen LogP contribution in [0, 0.1) is 0 Å². The van der Waals surface area contributed by atoms with E-state index in [2.05, 4.69) is 33.4 Å². The van der Waals surface area contributed by atoms with E-state index >= 15 is 0 Å². The largest absolute Gasteiger partial charge is 0.379 e. The summed E-state index contributed by atoms with van der Waals surface area (Å²) in [5.41, 5.74) is 0. The highest BCUT2D eigenvalue weighted by Gasteiger charge is 1.86. The fraction of sp³-hybridized carbons (Fsp3) is 0.750. The minimum absolute atomic E-state index is 0.678. The first-order valence-corrected chi connectivity index (χ1v) is 4.86. The predicted octanol–water partition coefficient (Wildman–Crippen LogP) is 2.03. The van der Waals surface area contributed by atoms with Gasteiger partial charge < -0.3 is 4.74 Å². The van der Waals surface area contributed by atoms with Crippen molar-refractivity contribution in [3.05, 3.63) is 6.58 Å². The average molecular weight is 220 g/mol. The zero-order valence-corrected chi connectivity index (χ0v) is 8.27. The normalized spacial score (nSPS) is 9.18. The van der Waals surface area contributed by atoms with Crippen LogP contribution in [0.1, 0.15) is 12.8 Å². The van der Waals surface area contributed by atoms with E-state index in [1.807, 2.05) is 0 Å². The second kappa shape index (κ2) is 9.89. The van der Waals surface area contributed by atoms with E-state index in [-0.39, 0.29) is 0 Å². The van der Waals surface area contributed by atoms with Gasteiger partial charge in [-0.25, -0.2) is 4.99 Å². The molecule has 0 aliphatic rings. The van der Waals surface area contributed by atoms with Gasteiger partial charge in [-0.2, -0.15) is 0 Å². The molecule has 11 heavy (non-hydrogen) atoms. The van der Waals surface area contributed by atoms with E-state index in [9.17, 15) is 0 Å². The molecule has 0 aromatic heterocycles. The van der Waals surface area contributed by atoms with Crippen LogP contribution < -0.4 is 0 Å². The Balaban J connectivity index is 2.84. The fourth-order valence-corrected chi connectivity index (χ4v) is 0.986. The Labute approximate surface area is 76.5 Å². The van der Waals surface area contributed by atoms with Gasteiger partial charge in [0.2, 0.25) is 0 Å². The van der Waals surface area contributed by atoms with Crippen LogP contribution in [0.5, 0.6) is 0 Å². The molecular formula is C8H14BrNO. The molecule has 2 nitrogen and oxygen atoms in total. The number of aliphatic imine (C=N–C) groups is 1. The molecule has 0 aromatic carbocycles. The zero-order chi connectivity index (χ0) is 8.36. The number of alkyl halides is 1. The Hall–Kier alpha value is -0.110. The summed E-state index contributed by atoms with van der Waals surface area (Å²) in [6, 6.07) is 0. The van der Waals surface area contributed by atoms with Gasteiger partial charge in [-0.05, 0) is 25.3 Å². The summed E-state index contributed by atoms with van der Waals surface area (Å²) in [6.45, 7) is 5.55. The van der Waals surface area contributed by atoms with Crippen molar-refractivity contribution >= 4 is 21.8 Å². The summed E-state index contributed by atoms with van der Waals surface area (Å²) in [5.74, 6) is 2.46. The van der Waals surface area contributed by atoms with Crippen LogP contribution in [-0.2, 0) is 4.74 Å². The summed E-state index contributed by atoms with van der Waals surface area (Å²) in [6.07, 6.45) is 2.29. The van der Waals surface area contributed by atoms with Crippen LogP contribution in [0.4, 0.5) is 0 Å². The van der Waals surface area contributed by atoms with Gasteiger partial charge in [0.1, 0.15) is 0 Å². The summed E-state index contributed by atoms with van der Waals surface area (Å²) in [4.78, 5) is 3.79. The Morgan fingerprint density at radius 1 is 1.36 bits per heavy atom. The topological polar surface area (TPSA) is 21.6 Å². The molecule has 0 N–H and O–H groups in total. The maximum atomic E-state index is 5.26. The van der Waals surface area contributed by atoms with Gasteiger partial charge in [-0.3, -0.25) is 0 Å². The molecule has 0 fully saturated rings. The minimum atomic E-state index is 0.678. The second-order valence-corrected chi connectivity index (χ2v) is 2.84. The maximum Gasteiger partial charge on any atom is 0.0718 e. The molecule has 3 heteroatoms. The molecule has 0 rings (SSSR count). The van der Waals surface area contributed by atoms with Crippen molar-refractivity contribution in [2.24, 2.45) is 4.99 Å². The van der Waals surface area contributed by atoms with Crippen molar-refractivity contribution in [1.82, 2.24) is 0 Å². The van der Waals surface area contributed by atoms with Crippen LogP contribution in [0.25, 0.3) is 0 Å². The molecule has 0 spiro atoms. The Kier molecular flexibility index (Phi) is 9.79. The van der Waals surface area contributed by atoms with E-state index in [0.717, 1.165) is 18.4 Å². The second-order valence-electron chi connectivity index (χ2n) is 2.05. The summed E-state index contributed by atoms with van der Waals surface area (Å²) < 4.78 is 5.26. The zero-order valence-electron chi connectivity index (χ0n) is 6.68. The molecule has 0 unspecified atom stereocenters. The molecule has 0 bridgehead atoms. The molecule has 0 aliphatic heterocycles. The molecule has 0 heterocycles. The number of hydrogen-bond donors (Lipinski definition) is 0. The number of unbranched alkanes of at least 4 members (excludes halogenated alkanes) is 1. The summed E-state index contributed by atoms with van der Waals surface area (Å²) in [7, 11) is 0. The van der Waals surface area contributed by atoms with Gasteiger partial charge in [0.15, 0.2) is 0 Å². The van der Waals surface area contributed by atoms with E-state index in [1.165, 1.54) is 6.42 Å². The van der Waals surface area contributed by atoms with Gasteiger partial charge in [0, 0.05) is 11.9 Å². The number of ether oxygens (including phenoxy) is 1. The monoisotopic (exact) mass is 219 g/mol. The van der Waals surface area contributed by atoms with Crippen molar-refractivity contribution in [2.75, 3.05) is 25.1 Å². The lowest BCUT2D eigenvalue weighted by molar-refractivity contribution is 0.139. The van der Waals surface area contributed by atoms with Crippen molar-refractivity contribution in [3.63, 3.8) is 0 Å².